The minimum Gasteiger partial charge on any atom is -0.496 e. The molecular weight excluding hydrogens is 412 g/mol. The minimum absolute atomic E-state index is 0.0678. The summed E-state index contributed by atoms with van der Waals surface area (Å²) in [6, 6.07) is 20.2. The van der Waals surface area contributed by atoms with Crippen molar-refractivity contribution in [2.24, 2.45) is 0 Å². The Morgan fingerprint density at radius 2 is 1.58 bits per heavy atom. The summed E-state index contributed by atoms with van der Waals surface area (Å²) in [6.45, 7) is 2.62. The Balaban J connectivity index is 1.57. The number of halogens is 1. The number of allylic oxidation sites excluding steroid dienone is 2. The van der Waals surface area contributed by atoms with Crippen LogP contribution in [0.5, 0.6) is 5.75 Å². The Hall–Kier alpha value is -3.57. The van der Waals surface area contributed by atoms with E-state index in [-0.39, 0.29) is 22.3 Å². The summed E-state index contributed by atoms with van der Waals surface area (Å²) in [5, 5.41) is 6.30. The van der Waals surface area contributed by atoms with Gasteiger partial charge in [0, 0.05) is 40.7 Å². The fraction of sp³-hybridized carbons (Fsp3) is 0.120. The molecule has 4 rings (SSSR count). The zero-order valence-electron chi connectivity index (χ0n) is 17.2. The van der Waals surface area contributed by atoms with Crippen LogP contribution in [0.15, 0.2) is 77.5 Å². The second-order valence-corrected chi connectivity index (χ2v) is 7.59. The fourth-order valence-electron chi connectivity index (χ4n) is 3.53. The topological polar surface area (TPSA) is 67.4 Å². The molecule has 0 aliphatic heterocycles. The lowest BCUT2D eigenvalue weighted by molar-refractivity contribution is 0.0982. The van der Waals surface area contributed by atoms with E-state index in [1.54, 1.807) is 37.4 Å². The van der Waals surface area contributed by atoms with Crippen LogP contribution in [0.3, 0.4) is 0 Å². The van der Waals surface area contributed by atoms with Crippen LogP contribution in [-0.2, 0) is 6.54 Å². The number of methoxy groups -OCH3 is 1. The van der Waals surface area contributed by atoms with Gasteiger partial charge in [0.2, 0.25) is 11.6 Å². The molecule has 0 saturated carbocycles. The summed E-state index contributed by atoms with van der Waals surface area (Å²) >= 11 is 6.25. The van der Waals surface area contributed by atoms with E-state index in [1.165, 1.54) is 0 Å². The van der Waals surface area contributed by atoms with Crippen LogP contribution in [0.2, 0.25) is 0 Å². The van der Waals surface area contributed by atoms with Gasteiger partial charge < -0.3 is 15.4 Å². The lowest BCUT2D eigenvalue weighted by Gasteiger charge is -2.20. The molecule has 0 unspecified atom stereocenters. The van der Waals surface area contributed by atoms with E-state index in [0.717, 1.165) is 16.8 Å². The fourth-order valence-corrected chi connectivity index (χ4v) is 3.77. The molecule has 3 aromatic rings. The maximum Gasteiger partial charge on any atom is 0.211 e. The predicted molar refractivity (Wildman–Crippen MR) is 123 cm³/mol. The molecule has 0 saturated heterocycles. The maximum absolute atomic E-state index is 12.9. The molecule has 3 aromatic carbocycles. The number of carbonyl (C=O) groups excluding carboxylic acids is 2. The SMILES string of the molecule is COc1cc(NC2=C(Cl)C(=O)c3ccccc3C2=O)ccc1CNc1ccccc1C. The molecular formula is C25H21ClN2O3. The van der Waals surface area contributed by atoms with Crippen LogP contribution in [0.1, 0.15) is 31.8 Å². The number of carbonyl (C=O) groups is 2. The minimum atomic E-state index is -0.370. The first-order chi connectivity index (χ1) is 15.0. The second-order valence-electron chi connectivity index (χ2n) is 7.21. The number of para-hydroxylation sites is 1. The van der Waals surface area contributed by atoms with E-state index in [2.05, 4.69) is 10.6 Å². The van der Waals surface area contributed by atoms with Gasteiger partial charge in [0.15, 0.2) is 0 Å². The van der Waals surface area contributed by atoms with Gasteiger partial charge in [-0.3, -0.25) is 9.59 Å². The number of Topliss-reactive ketones (excluding diaryl/α,β-unsaturated/α-hetero) is 2. The number of nitrogens with one attached hydrogen (secondary N) is 2. The molecule has 5 nitrogen and oxygen atoms in total. The Morgan fingerprint density at radius 3 is 2.29 bits per heavy atom. The molecule has 0 atom stereocenters. The smallest absolute Gasteiger partial charge is 0.211 e. The van der Waals surface area contributed by atoms with E-state index in [0.29, 0.717) is 29.1 Å². The highest BCUT2D eigenvalue weighted by atomic mass is 35.5. The van der Waals surface area contributed by atoms with Crippen LogP contribution < -0.4 is 15.4 Å². The average molecular weight is 433 g/mol. The third-order valence-electron chi connectivity index (χ3n) is 5.23. The highest BCUT2D eigenvalue weighted by Gasteiger charge is 2.31. The van der Waals surface area contributed by atoms with Crippen molar-refractivity contribution in [1.29, 1.82) is 0 Å². The number of ketones is 2. The number of rotatable bonds is 6. The van der Waals surface area contributed by atoms with E-state index in [1.807, 2.05) is 43.3 Å². The number of benzene rings is 3. The standard InChI is InChI=1S/C25H21ClN2O3/c1-15-7-3-6-10-20(15)27-14-16-11-12-17(13-21(16)31-2)28-23-22(26)24(29)18-8-4-5-9-19(18)25(23)30/h3-13,27-28H,14H2,1-2H3. The first-order valence-electron chi connectivity index (χ1n) is 9.81. The normalized spacial score (nSPS) is 13.1. The number of anilines is 2. The molecule has 1 aliphatic carbocycles. The summed E-state index contributed by atoms with van der Waals surface area (Å²) in [4.78, 5) is 25.5. The van der Waals surface area contributed by atoms with E-state index in [9.17, 15) is 9.59 Å². The van der Waals surface area contributed by atoms with Gasteiger partial charge in [0.1, 0.15) is 16.5 Å². The third-order valence-corrected chi connectivity index (χ3v) is 5.59. The molecule has 0 radical (unpaired) electrons. The van der Waals surface area contributed by atoms with Crippen molar-refractivity contribution in [2.45, 2.75) is 13.5 Å². The summed E-state index contributed by atoms with van der Waals surface area (Å²) in [7, 11) is 1.59. The quantitative estimate of drug-likeness (QED) is 0.534. The summed E-state index contributed by atoms with van der Waals surface area (Å²) in [6.07, 6.45) is 0. The Bertz CT molecular complexity index is 1220. The van der Waals surface area contributed by atoms with Crippen molar-refractivity contribution in [3.8, 4) is 5.75 Å². The van der Waals surface area contributed by atoms with Gasteiger partial charge in [-0.2, -0.15) is 0 Å². The van der Waals surface area contributed by atoms with Gasteiger partial charge in [-0.1, -0.05) is 60.1 Å². The lowest BCUT2D eigenvalue weighted by atomic mass is 9.92. The van der Waals surface area contributed by atoms with Crippen molar-refractivity contribution < 1.29 is 14.3 Å². The Morgan fingerprint density at radius 1 is 0.903 bits per heavy atom. The van der Waals surface area contributed by atoms with Gasteiger partial charge in [-0.15, -0.1) is 0 Å². The van der Waals surface area contributed by atoms with Gasteiger partial charge in [-0.05, 0) is 24.6 Å². The molecule has 1 aliphatic rings. The van der Waals surface area contributed by atoms with Crippen LogP contribution in [-0.4, -0.2) is 18.7 Å². The van der Waals surface area contributed by atoms with Crippen molar-refractivity contribution in [2.75, 3.05) is 17.7 Å². The van der Waals surface area contributed by atoms with Crippen molar-refractivity contribution in [3.63, 3.8) is 0 Å². The zero-order chi connectivity index (χ0) is 22.0. The third kappa shape index (κ3) is 4.05. The molecule has 0 bridgehead atoms. The molecule has 0 aromatic heterocycles. The number of ether oxygens (including phenoxy) is 1. The van der Waals surface area contributed by atoms with Crippen LogP contribution in [0.4, 0.5) is 11.4 Å². The van der Waals surface area contributed by atoms with Crippen LogP contribution in [0.25, 0.3) is 0 Å². The molecule has 0 spiro atoms. The molecule has 2 N–H and O–H groups in total. The lowest BCUT2D eigenvalue weighted by Crippen LogP contribution is -2.24. The van der Waals surface area contributed by atoms with Crippen molar-refractivity contribution >= 4 is 34.5 Å². The maximum atomic E-state index is 12.9. The molecule has 31 heavy (non-hydrogen) atoms. The van der Waals surface area contributed by atoms with Crippen molar-refractivity contribution in [3.05, 3.63) is 99.7 Å². The van der Waals surface area contributed by atoms with Gasteiger partial charge in [-0.25, -0.2) is 0 Å². The number of hydrogen-bond acceptors (Lipinski definition) is 5. The monoisotopic (exact) mass is 432 g/mol. The van der Waals surface area contributed by atoms with E-state index in [4.69, 9.17) is 16.3 Å². The van der Waals surface area contributed by atoms with Gasteiger partial charge in [0.25, 0.3) is 0 Å². The summed E-state index contributed by atoms with van der Waals surface area (Å²) in [5.41, 5.74) is 4.48. The zero-order valence-corrected chi connectivity index (χ0v) is 17.9. The first-order valence-corrected chi connectivity index (χ1v) is 10.2. The van der Waals surface area contributed by atoms with E-state index < -0.39 is 0 Å². The van der Waals surface area contributed by atoms with Gasteiger partial charge >= 0.3 is 0 Å². The van der Waals surface area contributed by atoms with Crippen molar-refractivity contribution in [1.82, 2.24) is 0 Å². The Kier molecular flexibility index (Phi) is 5.78. The number of aryl methyl sites for hydroxylation is 1. The van der Waals surface area contributed by atoms with Crippen LogP contribution in [0, 0.1) is 6.92 Å². The van der Waals surface area contributed by atoms with Gasteiger partial charge in [0.05, 0.1) is 7.11 Å². The Labute approximate surface area is 185 Å². The predicted octanol–water partition coefficient (Wildman–Crippen LogP) is 5.56. The first kappa shape index (κ1) is 20.7. The number of hydrogen-bond donors (Lipinski definition) is 2. The average Bonchev–Trinajstić information content (AvgIpc) is 2.80. The van der Waals surface area contributed by atoms with E-state index >= 15 is 0 Å². The molecule has 0 heterocycles. The highest BCUT2D eigenvalue weighted by molar-refractivity contribution is 6.50. The highest BCUT2D eigenvalue weighted by Crippen LogP contribution is 2.31. The summed E-state index contributed by atoms with van der Waals surface area (Å²) < 4.78 is 5.54. The molecule has 0 fully saturated rings. The largest absolute Gasteiger partial charge is 0.496 e. The second kappa shape index (κ2) is 8.66. The van der Waals surface area contributed by atoms with Crippen LogP contribution >= 0.6 is 11.6 Å². The molecule has 0 amide bonds. The number of fused-ring (bicyclic) bond motifs is 1. The summed E-state index contributed by atoms with van der Waals surface area (Å²) in [5.74, 6) is -0.0346. The molecule has 156 valence electrons. The molecule has 6 heteroatoms.